The Morgan fingerprint density at radius 2 is 2.12 bits per heavy atom. The maximum absolute atomic E-state index is 11.6. The molecule has 0 aliphatic carbocycles. The number of carbonyl (C=O) groups is 1. The van der Waals surface area contributed by atoms with Crippen LogP contribution in [-0.2, 0) is 4.79 Å². The first-order valence-corrected chi connectivity index (χ1v) is 5.46. The van der Waals surface area contributed by atoms with E-state index in [4.69, 9.17) is 5.73 Å². The minimum absolute atomic E-state index is 0.00167. The SMILES string of the molecule is CCN(C)CCC(=O)Nc1ccccc1N. The van der Waals surface area contributed by atoms with Crippen LogP contribution < -0.4 is 11.1 Å². The second-order valence-electron chi connectivity index (χ2n) is 3.78. The molecule has 1 aromatic rings. The lowest BCUT2D eigenvalue weighted by Crippen LogP contribution is -2.24. The van der Waals surface area contributed by atoms with Gasteiger partial charge < -0.3 is 16.0 Å². The van der Waals surface area contributed by atoms with Crippen molar-refractivity contribution in [1.29, 1.82) is 0 Å². The van der Waals surface area contributed by atoms with E-state index in [0.717, 1.165) is 13.1 Å². The number of nitrogens with one attached hydrogen (secondary N) is 1. The van der Waals surface area contributed by atoms with Gasteiger partial charge in [0, 0.05) is 13.0 Å². The quantitative estimate of drug-likeness (QED) is 0.742. The van der Waals surface area contributed by atoms with Crippen molar-refractivity contribution in [2.45, 2.75) is 13.3 Å². The zero-order valence-electron chi connectivity index (χ0n) is 9.86. The highest BCUT2D eigenvalue weighted by atomic mass is 16.1. The topological polar surface area (TPSA) is 58.4 Å². The van der Waals surface area contributed by atoms with Crippen LogP contribution >= 0.6 is 0 Å². The third-order valence-corrected chi connectivity index (χ3v) is 2.50. The standard InChI is InChI=1S/C12H19N3O/c1-3-15(2)9-8-12(16)14-11-7-5-4-6-10(11)13/h4-7H,3,8-9,13H2,1-2H3,(H,14,16). The summed E-state index contributed by atoms with van der Waals surface area (Å²) in [6.07, 6.45) is 0.485. The molecule has 1 amide bonds. The third kappa shape index (κ3) is 3.90. The number of amides is 1. The zero-order valence-corrected chi connectivity index (χ0v) is 9.86. The van der Waals surface area contributed by atoms with Gasteiger partial charge in [0.1, 0.15) is 0 Å². The number of carbonyl (C=O) groups excluding carboxylic acids is 1. The van der Waals surface area contributed by atoms with E-state index in [0.29, 0.717) is 17.8 Å². The fourth-order valence-corrected chi connectivity index (χ4v) is 1.27. The van der Waals surface area contributed by atoms with E-state index in [1.807, 2.05) is 19.2 Å². The molecule has 1 aromatic carbocycles. The van der Waals surface area contributed by atoms with E-state index in [1.54, 1.807) is 12.1 Å². The number of rotatable bonds is 5. The smallest absolute Gasteiger partial charge is 0.225 e. The van der Waals surface area contributed by atoms with Crippen molar-refractivity contribution in [3.05, 3.63) is 24.3 Å². The first-order valence-electron chi connectivity index (χ1n) is 5.46. The van der Waals surface area contributed by atoms with Crippen LogP contribution in [0.25, 0.3) is 0 Å². The molecule has 0 unspecified atom stereocenters. The normalized spacial score (nSPS) is 10.4. The molecule has 16 heavy (non-hydrogen) atoms. The van der Waals surface area contributed by atoms with E-state index in [9.17, 15) is 4.79 Å². The Bertz CT molecular complexity index is 352. The van der Waals surface area contributed by atoms with Crippen molar-refractivity contribution in [2.75, 3.05) is 31.2 Å². The molecule has 0 aromatic heterocycles. The minimum Gasteiger partial charge on any atom is -0.397 e. The van der Waals surface area contributed by atoms with Gasteiger partial charge in [0.25, 0.3) is 0 Å². The van der Waals surface area contributed by atoms with E-state index in [-0.39, 0.29) is 5.91 Å². The van der Waals surface area contributed by atoms with Gasteiger partial charge in [-0.3, -0.25) is 4.79 Å². The maximum atomic E-state index is 11.6. The van der Waals surface area contributed by atoms with Gasteiger partial charge in [-0.2, -0.15) is 0 Å². The van der Waals surface area contributed by atoms with Gasteiger partial charge in [-0.05, 0) is 25.7 Å². The zero-order chi connectivity index (χ0) is 12.0. The molecule has 0 fully saturated rings. The average Bonchev–Trinajstić information content (AvgIpc) is 2.29. The van der Waals surface area contributed by atoms with Crippen molar-refractivity contribution in [1.82, 2.24) is 4.90 Å². The molecule has 0 aliphatic rings. The first-order chi connectivity index (χ1) is 7.63. The third-order valence-electron chi connectivity index (χ3n) is 2.50. The monoisotopic (exact) mass is 221 g/mol. The summed E-state index contributed by atoms with van der Waals surface area (Å²) < 4.78 is 0. The Morgan fingerprint density at radius 1 is 1.44 bits per heavy atom. The predicted molar refractivity (Wildman–Crippen MR) is 67.3 cm³/mol. The number of nitrogens with zero attached hydrogens (tertiary/aromatic N) is 1. The summed E-state index contributed by atoms with van der Waals surface area (Å²) >= 11 is 0. The Balaban J connectivity index is 2.43. The van der Waals surface area contributed by atoms with E-state index < -0.39 is 0 Å². The maximum Gasteiger partial charge on any atom is 0.225 e. The summed E-state index contributed by atoms with van der Waals surface area (Å²) in [5.74, 6) is -0.00167. The molecule has 4 heteroatoms. The van der Waals surface area contributed by atoms with Crippen molar-refractivity contribution >= 4 is 17.3 Å². The predicted octanol–water partition coefficient (Wildman–Crippen LogP) is 1.55. The number of hydrogen-bond acceptors (Lipinski definition) is 3. The summed E-state index contributed by atoms with van der Waals surface area (Å²) in [4.78, 5) is 13.7. The summed E-state index contributed by atoms with van der Waals surface area (Å²) in [6.45, 7) is 3.77. The summed E-state index contributed by atoms with van der Waals surface area (Å²) in [5.41, 5.74) is 7.01. The number of benzene rings is 1. The van der Waals surface area contributed by atoms with Crippen LogP contribution in [-0.4, -0.2) is 30.9 Å². The van der Waals surface area contributed by atoms with Gasteiger partial charge in [0.05, 0.1) is 11.4 Å². The molecular formula is C12H19N3O. The molecule has 0 aliphatic heterocycles. The second-order valence-corrected chi connectivity index (χ2v) is 3.78. The lowest BCUT2D eigenvalue weighted by atomic mass is 10.2. The highest BCUT2D eigenvalue weighted by Crippen LogP contribution is 2.16. The fourth-order valence-electron chi connectivity index (χ4n) is 1.27. The van der Waals surface area contributed by atoms with Crippen molar-refractivity contribution < 1.29 is 4.79 Å². The van der Waals surface area contributed by atoms with Gasteiger partial charge >= 0.3 is 0 Å². The molecule has 0 radical (unpaired) electrons. The lowest BCUT2D eigenvalue weighted by molar-refractivity contribution is -0.116. The Morgan fingerprint density at radius 3 is 2.75 bits per heavy atom. The molecule has 0 spiro atoms. The summed E-state index contributed by atoms with van der Waals surface area (Å²) in [5, 5.41) is 2.80. The van der Waals surface area contributed by atoms with Crippen LogP contribution in [0, 0.1) is 0 Å². The summed E-state index contributed by atoms with van der Waals surface area (Å²) in [7, 11) is 1.99. The van der Waals surface area contributed by atoms with Gasteiger partial charge in [0.2, 0.25) is 5.91 Å². The van der Waals surface area contributed by atoms with Crippen LogP contribution in [0.1, 0.15) is 13.3 Å². The molecule has 88 valence electrons. The largest absolute Gasteiger partial charge is 0.397 e. The summed E-state index contributed by atoms with van der Waals surface area (Å²) in [6, 6.07) is 7.27. The molecule has 0 saturated carbocycles. The number of nitrogen functional groups attached to an aromatic ring is 1. The van der Waals surface area contributed by atoms with Gasteiger partial charge in [-0.1, -0.05) is 19.1 Å². The number of para-hydroxylation sites is 2. The van der Waals surface area contributed by atoms with Crippen LogP contribution in [0.15, 0.2) is 24.3 Å². The number of anilines is 2. The molecule has 0 heterocycles. The van der Waals surface area contributed by atoms with Crippen molar-refractivity contribution in [3.63, 3.8) is 0 Å². The fraction of sp³-hybridized carbons (Fsp3) is 0.417. The lowest BCUT2D eigenvalue weighted by Gasteiger charge is -2.13. The van der Waals surface area contributed by atoms with Crippen LogP contribution in [0.2, 0.25) is 0 Å². The van der Waals surface area contributed by atoms with E-state index in [1.165, 1.54) is 0 Å². The molecule has 0 atom stereocenters. The highest BCUT2D eigenvalue weighted by Gasteiger charge is 2.05. The Labute approximate surface area is 96.4 Å². The average molecular weight is 221 g/mol. The van der Waals surface area contributed by atoms with E-state index >= 15 is 0 Å². The molecule has 3 N–H and O–H groups in total. The van der Waals surface area contributed by atoms with Gasteiger partial charge in [-0.15, -0.1) is 0 Å². The van der Waals surface area contributed by atoms with Gasteiger partial charge in [-0.25, -0.2) is 0 Å². The second kappa shape index (κ2) is 6.12. The van der Waals surface area contributed by atoms with E-state index in [2.05, 4.69) is 17.1 Å². The van der Waals surface area contributed by atoms with Crippen LogP contribution in [0.3, 0.4) is 0 Å². The van der Waals surface area contributed by atoms with Crippen LogP contribution in [0.4, 0.5) is 11.4 Å². The first kappa shape index (κ1) is 12.5. The molecule has 0 saturated heterocycles. The molecule has 0 bridgehead atoms. The number of nitrogens with two attached hydrogens (primary N) is 1. The Hall–Kier alpha value is -1.55. The van der Waals surface area contributed by atoms with Crippen molar-refractivity contribution in [3.8, 4) is 0 Å². The van der Waals surface area contributed by atoms with Crippen molar-refractivity contribution in [2.24, 2.45) is 0 Å². The molecule has 1 rings (SSSR count). The number of hydrogen-bond donors (Lipinski definition) is 2. The van der Waals surface area contributed by atoms with Gasteiger partial charge in [0.15, 0.2) is 0 Å². The molecule has 4 nitrogen and oxygen atoms in total. The highest BCUT2D eigenvalue weighted by molar-refractivity contribution is 5.93. The Kier molecular flexibility index (Phi) is 4.79. The minimum atomic E-state index is -0.00167. The molecular weight excluding hydrogens is 202 g/mol. The van der Waals surface area contributed by atoms with Crippen LogP contribution in [0.5, 0.6) is 0 Å².